The van der Waals surface area contributed by atoms with Crippen molar-refractivity contribution in [3.8, 4) is 0 Å². The molecule has 2 aromatic heterocycles. The average molecular weight is 390 g/mol. The molecule has 0 radical (unpaired) electrons. The number of pyridine rings is 1. The fourth-order valence-corrected chi connectivity index (χ4v) is 3.87. The van der Waals surface area contributed by atoms with Crippen molar-refractivity contribution in [3.63, 3.8) is 0 Å². The molecule has 1 aliphatic heterocycles. The van der Waals surface area contributed by atoms with E-state index in [-0.39, 0.29) is 17.2 Å². The lowest BCUT2D eigenvalue weighted by Crippen LogP contribution is -2.39. The first-order chi connectivity index (χ1) is 13.8. The van der Waals surface area contributed by atoms with Gasteiger partial charge in [-0.25, -0.2) is 9.97 Å². The molecule has 1 amide bonds. The Kier molecular flexibility index (Phi) is 4.94. The van der Waals surface area contributed by atoms with Gasteiger partial charge in [0.2, 0.25) is 0 Å². The molecule has 1 unspecified atom stereocenters. The Bertz CT molecular complexity index is 1040. The summed E-state index contributed by atoms with van der Waals surface area (Å²) in [6, 6.07) is 9.96. The van der Waals surface area contributed by atoms with Crippen LogP contribution < -0.4 is 5.73 Å². The number of carbonyl (C=O) groups excluding carboxylic acids is 1. The summed E-state index contributed by atoms with van der Waals surface area (Å²) in [6.45, 7) is 7.50. The summed E-state index contributed by atoms with van der Waals surface area (Å²) in [6.07, 6.45) is 5.17. The third-order valence-corrected chi connectivity index (χ3v) is 5.45. The van der Waals surface area contributed by atoms with Crippen LogP contribution in [-0.4, -0.2) is 38.8 Å². The van der Waals surface area contributed by atoms with Crippen molar-refractivity contribution in [2.24, 2.45) is 0 Å². The van der Waals surface area contributed by atoms with Crippen LogP contribution in [0.5, 0.6) is 0 Å². The second kappa shape index (κ2) is 7.43. The number of hydrogen-bond acceptors (Lipinski definition) is 5. The van der Waals surface area contributed by atoms with E-state index in [1.807, 2.05) is 35.2 Å². The van der Waals surface area contributed by atoms with Gasteiger partial charge in [0, 0.05) is 42.2 Å². The van der Waals surface area contributed by atoms with Crippen LogP contribution >= 0.6 is 0 Å². The van der Waals surface area contributed by atoms with Crippen LogP contribution in [0.3, 0.4) is 0 Å². The molecular weight excluding hydrogens is 362 g/mol. The minimum atomic E-state index is -0.142. The average Bonchev–Trinajstić information content (AvgIpc) is 2.72. The SMILES string of the molecule is CC(C)(C)c1ncc(C(=O)N2CCCC(c3nc4ccccc4cc3N)C2)cn1. The topological polar surface area (TPSA) is 85.0 Å². The van der Waals surface area contributed by atoms with Gasteiger partial charge in [0.15, 0.2) is 0 Å². The van der Waals surface area contributed by atoms with Crippen molar-refractivity contribution in [2.75, 3.05) is 18.8 Å². The fourth-order valence-electron chi connectivity index (χ4n) is 3.87. The first kappa shape index (κ1) is 19.3. The van der Waals surface area contributed by atoms with Crippen LogP contribution in [0.2, 0.25) is 0 Å². The van der Waals surface area contributed by atoms with Crippen LogP contribution in [0.25, 0.3) is 10.9 Å². The zero-order valence-corrected chi connectivity index (χ0v) is 17.2. The zero-order valence-electron chi connectivity index (χ0n) is 17.2. The van der Waals surface area contributed by atoms with Crippen molar-refractivity contribution < 1.29 is 4.79 Å². The van der Waals surface area contributed by atoms with Gasteiger partial charge >= 0.3 is 0 Å². The van der Waals surface area contributed by atoms with Gasteiger partial charge in [0.25, 0.3) is 5.91 Å². The van der Waals surface area contributed by atoms with Crippen molar-refractivity contribution in [3.05, 3.63) is 59.8 Å². The zero-order chi connectivity index (χ0) is 20.6. The predicted molar refractivity (Wildman–Crippen MR) is 115 cm³/mol. The summed E-state index contributed by atoms with van der Waals surface area (Å²) in [5, 5.41) is 1.04. The molecule has 0 bridgehead atoms. The summed E-state index contributed by atoms with van der Waals surface area (Å²) in [7, 11) is 0. The third kappa shape index (κ3) is 3.92. The highest BCUT2D eigenvalue weighted by atomic mass is 16.2. The number of nitrogens with two attached hydrogens (primary N) is 1. The normalized spacial score (nSPS) is 17.5. The van der Waals surface area contributed by atoms with Gasteiger partial charge in [0.1, 0.15) is 5.82 Å². The Morgan fingerprint density at radius 1 is 1.17 bits per heavy atom. The smallest absolute Gasteiger partial charge is 0.257 e. The number of amides is 1. The minimum Gasteiger partial charge on any atom is -0.397 e. The first-order valence-electron chi connectivity index (χ1n) is 10.1. The maximum Gasteiger partial charge on any atom is 0.257 e. The molecule has 1 aliphatic rings. The molecule has 3 heterocycles. The highest BCUT2D eigenvalue weighted by molar-refractivity contribution is 5.93. The number of fused-ring (bicyclic) bond motifs is 1. The Labute approximate surface area is 171 Å². The number of carbonyl (C=O) groups is 1. The van der Waals surface area contributed by atoms with Gasteiger partial charge in [-0.2, -0.15) is 0 Å². The van der Waals surface area contributed by atoms with E-state index < -0.39 is 0 Å². The lowest BCUT2D eigenvalue weighted by Gasteiger charge is -2.33. The van der Waals surface area contributed by atoms with Crippen LogP contribution in [0, 0.1) is 0 Å². The largest absolute Gasteiger partial charge is 0.397 e. The maximum absolute atomic E-state index is 13.0. The molecule has 29 heavy (non-hydrogen) atoms. The van der Waals surface area contributed by atoms with Gasteiger partial charge in [-0.1, -0.05) is 39.0 Å². The summed E-state index contributed by atoms with van der Waals surface area (Å²) in [4.78, 5) is 28.5. The number of benzene rings is 1. The second-order valence-electron chi connectivity index (χ2n) is 8.79. The number of nitrogen functional groups attached to an aromatic ring is 1. The van der Waals surface area contributed by atoms with E-state index in [0.29, 0.717) is 17.8 Å². The van der Waals surface area contributed by atoms with Crippen molar-refractivity contribution in [1.82, 2.24) is 19.9 Å². The third-order valence-electron chi connectivity index (χ3n) is 5.45. The van der Waals surface area contributed by atoms with Crippen molar-refractivity contribution in [2.45, 2.75) is 44.9 Å². The molecule has 1 atom stereocenters. The van der Waals surface area contributed by atoms with E-state index in [4.69, 9.17) is 10.7 Å². The molecule has 4 rings (SSSR count). The molecule has 6 nitrogen and oxygen atoms in total. The van der Waals surface area contributed by atoms with E-state index in [1.54, 1.807) is 12.4 Å². The van der Waals surface area contributed by atoms with Crippen molar-refractivity contribution >= 4 is 22.5 Å². The van der Waals surface area contributed by atoms with Gasteiger partial charge in [-0.3, -0.25) is 9.78 Å². The maximum atomic E-state index is 13.0. The molecule has 1 saturated heterocycles. The lowest BCUT2D eigenvalue weighted by atomic mass is 9.92. The number of para-hydroxylation sites is 1. The highest BCUT2D eigenvalue weighted by Crippen LogP contribution is 2.32. The van der Waals surface area contributed by atoms with Crippen LogP contribution in [0.4, 0.5) is 5.69 Å². The van der Waals surface area contributed by atoms with E-state index in [1.165, 1.54) is 0 Å². The quantitative estimate of drug-likeness (QED) is 0.718. The lowest BCUT2D eigenvalue weighted by molar-refractivity contribution is 0.0705. The fraction of sp³-hybridized carbons (Fsp3) is 0.391. The summed E-state index contributed by atoms with van der Waals surface area (Å²) < 4.78 is 0. The number of piperidine rings is 1. The van der Waals surface area contributed by atoms with Crippen LogP contribution in [-0.2, 0) is 5.41 Å². The summed E-state index contributed by atoms with van der Waals surface area (Å²) >= 11 is 0. The van der Waals surface area contributed by atoms with Gasteiger partial charge in [-0.15, -0.1) is 0 Å². The standard InChI is InChI=1S/C23H27N5O/c1-23(2,3)22-25-12-17(13-26-22)21(29)28-10-6-8-16(14-28)20-18(24)11-15-7-4-5-9-19(15)27-20/h4-5,7,9,11-13,16H,6,8,10,14,24H2,1-3H3. The van der Waals surface area contributed by atoms with Gasteiger partial charge in [-0.05, 0) is 25.0 Å². The van der Waals surface area contributed by atoms with E-state index in [9.17, 15) is 4.79 Å². The first-order valence-corrected chi connectivity index (χ1v) is 10.1. The molecule has 150 valence electrons. The molecule has 0 aliphatic carbocycles. The molecule has 3 aromatic rings. The molecule has 0 saturated carbocycles. The molecule has 2 N–H and O–H groups in total. The van der Waals surface area contributed by atoms with E-state index in [2.05, 4.69) is 30.7 Å². The molecule has 1 aromatic carbocycles. The summed E-state index contributed by atoms with van der Waals surface area (Å²) in [5.41, 5.74) is 9.23. The van der Waals surface area contributed by atoms with Crippen molar-refractivity contribution in [1.29, 1.82) is 0 Å². The number of anilines is 1. The molecular formula is C23H27N5O. The molecule has 1 fully saturated rings. The number of hydrogen-bond donors (Lipinski definition) is 1. The monoisotopic (exact) mass is 389 g/mol. The van der Waals surface area contributed by atoms with E-state index in [0.717, 1.165) is 41.8 Å². The number of aromatic nitrogens is 3. The second-order valence-corrected chi connectivity index (χ2v) is 8.79. The Hall–Kier alpha value is -3.02. The Balaban J connectivity index is 1.55. The Morgan fingerprint density at radius 2 is 1.90 bits per heavy atom. The molecule has 6 heteroatoms. The molecule has 0 spiro atoms. The van der Waals surface area contributed by atoms with Gasteiger partial charge < -0.3 is 10.6 Å². The van der Waals surface area contributed by atoms with E-state index >= 15 is 0 Å². The summed E-state index contributed by atoms with van der Waals surface area (Å²) in [5.74, 6) is 0.834. The predicted octanol–water partition coefficient (Wildman–Crippen LogP) is 3.92. The van der Waals surface area contributed by atoms with Gasteiger partial charge in [0.05, 0.1) is 22.5 Å². The highest BCUT2D eigenvalue weighted by Gasteiger charge is 2.28. The number of likely N-dealkylation sites (tertiary alicyclic amines) is 1. The van der Waals surface area contributed by atoms with Crippen LogP contribution in [0.1, 0.15) is 61.4 Å². The number of nitrogens with zero attached hydrogens (tertiary/aromatic N) is 4. The Morgan fingerprint density at radius 3 is 2.62 bits per heavy atom. The number of rotatable bonds is 2. The van der Waals surface area contributed by atoms with Crippen LogP contribution in [0.15, 0.2) is 42.7 Å². The minimum absolute atomic E-state index is 0.0329.